The largest absolute Gasteiger partial charge is 0.481 e. The third-order valence-corrected chi connectivity index (χ3v) is 5.38. The lowest BCUT2D eigenvalue weighted by Crippen LogP contribution is -2.38. The second-order valence-corrected chi connectivity index (χ2v) is 7.18. The summed E-state index contributed by atoms with van der Waals surface area (Å²) in [6, 6.07) is 7.66. The first-order valence-corrected chi connectivity index (χ1v) is 9.36. The van der Waals surface area contributed by atoms with Crippen molar-refractivity contribution in [3.05, 3.63) is 42.4 Å². The van der Waals surface area contributed by atoms with E-state index in [2.05, 4.69) is 9.88 Å². The van der Waals surface area contributed by atoms with Gasteiger partial charge in [-0.3, -0.25) is 14.1 Å². The van der Waals surface area contributed by atoms with E-state index in [9.17, 15) is 9.90 Å². The van der Waals surface area contributed by atoms with Crippen molar-refractivity contribution in [1.29, 1.82) is 0 Å². The highest BCUT2D eigenvalue weighted by Crippen LogP contribution is 2.37. The molecule has 1 N–H and O–H groups in total. The zero-order valence-electron chi connectivity index (χ0n) is 15.2. The Kier molecular flexibility index (Phi) is 4.12. The first-order chi connectivity index (χ1) is 13.7. The van der Waals surface area contributed by atoms with Crippen LogP contribution in [0.3, 0.4) is 0 Å². The molecular weight excluding hydrogens is 360 g/mol. The number of rotatable bonds is 4. The number of fused-ring (bicyclic) bond motifs is 2. The lowest BCUT2D eigenvalue weighted by molar-refractivity contribution is -0.143. The van der Waals surface area contributed by atoms with E-state index < -0.39 is 5.97 Å². The molecule has 0 radical (unpaired) electrons. The number of benzene rings is 1. The van der Waals surface area contributed by atoms with E-state index in [1.54, 1.807) is 6.20 Å². The molecule has 0 unspecified atom stereocenters. The van der Waals surface area contributed by atoms with Crippen LogP contribution in [-0.2, 0) is 11.3 Å². The monoisotopic (exact) mass is 380 g/mol. The van der Waals surface area contributed by atoms with Crippen molar-refractivity contribution in [3.8, 4) is 22.8 Å². The zero-order valence-corrected chi connectivity index (χ0v) is 15.2. The Labute approximate surface area is 161 Å². The summed E-state index contributed by atoms with van der Waals surface area (Å²) in [7, 11) is 0. The molecule has 28 heavy (non-hydrogen) atoms. The summed E-state index contributed by atoms with van der Waals surface area (Å²) in [5, 5.41) is 9.40. The van der Waals surface area contributed by atoms with Crippen molar-refractivity contribution in [2.24, 2.45) is 5.92 Å². The van der Waals surface area contributed by atoms with E-state index in [-0.39, 0.29) is 12.7 Å². The summed E-state index contributed by atoms with van der Waals surface area (Å²) in [5.41, 5.74) is 2.75. The number of carboxylic acids is 1. The van der Waals surface area contributed by atoms with Gasteiger partial charge < -0.3 is 14.6 Å². The number of hydrogen-bond donors (Lipinski definition) is 1. The number of aromatic nitrogens is 3. The second-order valence-electron chi connectivity index (χ2n) is 7.18. The van der Waals surface area contributed by atoms with E-state index in [1.807, 2.05) is 34.9 Å². The normalized spacial score (nSPS) is 19.2. The van der Waals surface area contributed by atoms with Gasteiger partial charge in [0, 0.05) is 31.0 Å². The Morgan fingerprint density at radius 1 is 1.29 bits per heavy atom. The van der Waals surface area contributed by atoms with E-state index in [1.165, 1.54) is 0 Å². The van der Waals surface area contributed by atoms with Gasteiger partial charge in [-0.15, -0.1) is 0 Å². The summed E-state index contributed by atoms with van der Waals surface area (Å²) in [4.78, 5) is 22.7. The Hall–Kier alpha value is -3.13. The van der Waals surface area contributed by atoms with E-state index in [0.29, 0.717) is 24.6 Å². The summed E-state index contributed by atoms with van der Waals surface area (Å²) < 4.78 is 12.9. The molecule has 5 rings (SSSR count). The number of carbonyl (C=O) groups is 1. The molecule has 1 aromatic carbocycles. The Morgan fingerprint density at radius 3 is 3.07 bits per heavy atom. The van der Waals surface area contributed by atoms with E-state index in [0.717, 1.165) is 42.1 Å². The van der Waals surface area contributed by atoms with Crippen LogP contribution in [0.1, 0.15) is 18.5 Å². The van der Waals surface area contributed by atoms with Gasteiger partial charge in [0.25, 0.3) is 0 Å². The van der Waals surface area contributed by atoms with Crippen LogP contribution in [0.2, 0.25) is 0 Å². The van der Waals surface area contributed by atoms with Crippen molar-refractivity contribution in [3.63, 3.8) is 0 Å². The molecule has 8 nitrogen and oxygen atoms in total. The zero-order chi connectivity index (χ0) is 19.1. The van der Waals surface area contributed by atoms with E-state index in [4.69, 9.17) is 14.5 Å². The lowest BCUT2D eigenvalue weighted by Gasteiger charge is -2.30. The quantitative estimate of drug-likeness (QED) is 0.743. The molecule has 144 valence electrons. The minimum absolute atomic E-state index is 0.225. The fraction of sp³-hybridized carbons (Fsp3) is 0.350. The number of imidazole rings is 1. The van der Waals surface area contributed by atoms with Crippen LogP contribution in [0.25, 0.3) is 17.0 Å². The van der Waals surface area contributed by atoms with Gasteiger partial charge in [0.15, 0.2) is 11.5 Å². The number of likely N-dealkylation sites (tertiary alicyclic amines) is 1. The minimum Gasteiger partial charge on any atom is -0.481 e. The summed E-state index contributed by atoms with van der Waals surface area (Å²) in [6.07, 6.45) is 5.28. The number of aliphatic carboxylic acids is 1. The molecule has 2 aliphatic rings. The fourth-order valence-corrected chi connectivity index (χ4v) is 3.97. The van der Waals surface area contributed by atoms with Gasteiger partial charge in [-0.25, -0.2) is 9.97 Å². The van der Waals surface area contributed by atoms with Crippen LogP contribution in [0.5, 0.6) is 11.5 Å². The van der Waals surface area contributed by atoms with Crippen molar-refractivity contribution in [2.45, 2.75) is 19.4 Å². The molecule has 1 atom stereocenters. The first kappa shape index (κ1) is 17.0. The molecule has 4 heterocycles. The SMILES string of the molecule is O=C(O)[C@@H]1CCCN(Cc2c(-c3ccc4c(c3)OCO4)nc3ncccn23)C1. The topological polar surface area (TPSA) is 89.2 Å². The third kappa shape index (κ3) is 2.95. The molecule has 0 amide bonds. The van der Waals surface area contributed by atoms with Gasteiger partial charge >= 0.3 is 5.97 Å². The predicted octanol–water partition coefficient (Wildman–Crippen LogP) is 2.42. The van der Waals surface area contributed by atoms with Crippen LogP contribution in [0.15, 0.2) is 36.7 Å². The molecule has 2 aliphatic heterocycles. The summed E-state index contributed by atoms with van der Waals surface area (Å²) >= 11 is 0. The maximum absolute atomic E-state index is 11.4. The first-order valence-electron chi connectivity index (χ1n) is 9.36. The molecular formula is C20H20N4O4. The summed E-state index contributed by atoms with van der Waals surface area (Å²) in [6.45, 7) is 2.25. The number of carboxylic acid groups (broad SMARTS) is 1. The number of piperidine rings is 1. The number of hydrogen-bond acceptors (Lipinski definition) is 6. The maximum Gasteiger partial charge on any atom is 0.307 e. The van der Waals surface area contributed by atoms with Gasteiger partial charge in [0.1, 0.15) is 0 Å². The second kappa shape index (κ2) is 6.79. The maximum atomic E-state index is 11.4. The number of ether oxygens (including phenoxy) is 2. The van der Waals surface area contributed by atoms with Crippen LogP contribution in [-0.4, -0.2) is 50.2 Å². The average Bonchev–Trinajstić information content (AvgIpc) is 3.32. The van der Waals surface area contributed by atoms with Crippen LogP contribution < -0.4 is 9.47 Å². The van der Waals surface area contributed by atoms with Crippen LogP contribution >= 0.6 is 0 Å². The Balaban J connectivity index is 1.54. The molecule has 1 saturated heterocycles. The molecule has 0 aliphatic carbocycles. The summed E-state index contributed by atoms with van der Waals surface area (Å²) in [5.74, 6) is 1.02. The van der Waals surface area contributed by atoms with Crippen molar-refractivity contribution >= 4 is 11.7 Å². The van der Waals surface area contributed by atoms with Crippen LogP contribution in [0, 0.1) is 5.92 Å². The van der Waals surface area contributed by atoms with Gasteiger partial charge in [-0.2, -0.15) is 0 Å². The van der Waals surface area contributed by atoms with Crippen LogP contribution in [0.4, 0.5) is 0 Å². The van der Waals surface area contributed by atoms with Crippen molar-refractivity contribution < 1.29 is 19.4 Å². The smallest absolute Gasteiger partial charge is 0.307 e. The van der Waals surface area contributed by atoms with Gasteiger partial charge in [-0.1, -0.05) is 0 Å². The highest BCUT2D eigenvalue weighted by Gasteiger charge is 2.27. The molecule has 8 heteroatoms. The molecule has 2 aromatic heterocycles. The molecule has 0 spiro atoms. The average molecular weight is 380 g/mol. The van der Waals surface area contributed by atoms with Crippen molar-refractivity contribution in [1.82, 2.24) is 19.3 Å². The lowest BCUT2D eigenvalue weighted by atomic mass is 9.98. The number of nitrogens with zero attached hydrogens (tertiary/aromatic N) is 4. The van der Waals surface area contributed by atoms with Gasteiger partial charge in [-0.05, 0) is 43.7 Å². The van der Waals surface area contributed by atoms with Gasteiger partial charge in [0.05, 0.1) is 17.3 Å². The third-order valence-electron chi connectivity index (χ3n) is 5.38. The molecule has 3 aromatic rings. The highest BCUT2D eigenvalue weighted by molar-refractivity contribution is 5.70. The van der Waals surface area contributed by atoms with E-state index >= 15 is 0 Å². The predicted molar refractivity (Wildman–Crippen MR) is 100 cm³/mol. The van der Waals surface area contributed by atoms with Gasteiger partial charge in [0.2, 0.25) is 12.6 Å². The Bertz CT molecular complexity index is 1050. The molecule has 0 saturated carbocycles. The molecule has 0 bridgehead atoms. The Morgan fingerprint density at radius 2 is 2.18 bits per heavy atom. The minimum atomic E-state index is -0.722. The molecule has 1 fully saturated rings. The standard InChI is InChI=1S/C20H20N4O4/c25-19(26)14-3-1-7-23(10-14)11-15-18(22-20-21-6-2-8-24(15)20)13-4-5-16-17(9-13)28-12-27-16/h2,4-6,8-9,14H,1,3,7,10-12H2,(H,25,26)/t14-/m1/s1. The fourth-order valence-electron chi connectivity index (χ4n) is 3.97. The van der Waals surface area contributed by atoms with Crippen molar-refractivity contribution in [2.75, 3.05) is 19.9 Å². The highest BCUT2D eigenvalue weighted by atomic mass is 16.7.